The molecule has 0 atom stereocenters. The number of hydrogen-bond acceptors (Lipinski definition) is 7. The molecule has 1 aromatic heterocycles. The summed E-state index contributed by atoms with van der Waals surface area (Å²) in [5, 5.41) is 10.8. The van der Waals surface area contributed by atoms with Crippen molar-refractivity contribution >= 4 is 29.0 Å². The Bertz CT molecular complexity index is 1120. The Labute approximate surface area is 199 Å². The van der Waals surface area contributed by atoms with Crippen molar-refractivity contribution < 1.29 is 22.4 Å². The van der Waals surface area contributed by atoms with Gasteiger partial charge in [0, 0.05) is 26.2 Å². The number of carbonyl (C=O) groups excluding carboxylic acids is 1. The second-order valence-corrected chi connectivity index (χ2v) is 8.91. The second-order valence-electron chi connectivity index (χ2n) is 7.98. The number of likely N-dealkylation sites (N-methyl/N-ethyl adjacent to an activating group) is 1. The van der Waals surface area contributed by atoms with Gasteiger partial charge in [-0.05, 0) is 30.8 Å². The van der Waals surface area contributed by atoms with Gasteiger partial charge >= 0.3 is 6.18 Å². The number of carbonyl (C=O) groups is 1. The van der Waals surface area contributed by atoms with Crippen molar-refractivity contribution in [2.24, 2.45) is 0 Å². The molecule has 0 radical (unpaired) electrons. The standard InChI is InChI=1S/C23H24F3N5O2S/c1-30-9-11-31(12-10-30)19-8-7-17(23(24,25)26)14-18(19)27-20(32)15-34-22-29-28-21(33-22)13-16-5-3-2-4-6-16/h2-8,14H,9-13,15H2,1H3,(H,27,32). The first-order valence-electron chi connectivity index (χ1n) is 10.7. The van der Waals surface area contributed by atoms with Crippen LogP contribution in [-0.2, 0) is 17.4 Å². The van der Waals surface area contributed by atoms with Gasteiger partial charge in [0.25, 0.3) is 5.22 Å². The highest BCUT2D eigenvalue weighted by atomic mass is 32.2. The molecule has 0 spiro atoms. The molecule has 1 aliphatic rings. The van der Waals surface area contributed by atoms with Crippen LogP contribution in [0.2, 0.25) is 0 Å². The molecule has 0 aliphatic carbocycles. The fourth-order valence-electron chi connectivity index (χ4n) is 3.59. The molecular weight excluding hydrogens is 467 g/mol. The van der Waals surface area contributed by atoms with Gasteiger partial charge in [0.1, 0.15) is 0 Å². The average Bonchev–Trinajstić information content (AvgIpc) is 3.26. The van der Waals surface area contributed by atoms with Gasteiger partial charge in [0.15, 0.2) is 0 Å². The minimum absolute atomic E-state index is 0.0780. The zero-order valence-electron chi connectivity index (χ0n) is 18.5. The molecule has 7 nitrogen and oxygen atoms in total. The number of rotatable bonds is 7. The maximum absolute atomic E-state index is 13.3. The summed E-state index contributed by atoms with van der Waals surface area (Å²) in [7, 11) is 1.99. The normalized spacial score (nSPS) is 14.9. The minimum Gasteiger partial charge on any atom is -0.416 e. The molecule has 1 saturated heterocycles. The van der Waals surface area contributed by atoms with E-state index in [0.29, 0.717) is 31.1 Å². The van der Waals surface area contributed by atoms with E-state index in [1.54, 1.807) is 0 Å². The molecule has 3 aromatic rings. The molecule has 1 amide bonds. The van der Waals surface area contributed by atoms with Crippen LogP contribution in [0, 0.1) is 0 Å². The van der Waals surface area contributed by atoms with Crippen molar-refractivity contribution in [3.8, 4) is 0 Å². The maximum atomic E-state index is 13.3. The van der Waals surface area contributed by atoms with Crippen LogP contribution in [0.4, 0.5) is 24.5 Å². The van der Waals surface area contributed by atoms with Gasteiger partial charge in [-0.2, -0.15) is 13.2 Å². The van der Waals surface area contributed by atoms with Crippen LogP contribution in [0.5, 0.6) is 0 Å². The number of benzene rings is 2. The lowest BCUT2D eigenvalue weighted by molar-refractivity contribution is -0.137. The third-order valence-corrected chi connectivity index (χ3v) is 6.23. The number of piperazine rings is 1. The van der Waals surface area contributed by atoms with Crippen LogP contribution in [0.25, 0.3) is 0 Å². The first kappa shape index (κ1) is 24.1. The predicted molar refractivity (Wildman–Crippen MR) is 124 cm³/mol. The number of anilines is 2. The van der Waals surface area contributed by atoms with Gasteiger partial charge in [-0.3, -0.25) is 4.79 Å². The van der Waals surface area contributed by atoms with Crippen LogP contribution >= 0.6 is 11.8 Å². The number of amides is 1. The van der Waals surface area contributed by atoms with Crippen LogP contribution < -0.4 is 10.2 Å². The molecule has 0 saturated carbocycles. The lowest BCUT2D eigenvalue weighted by Gasteiger charge is -2.35. The van der Waals surface area contributed by atoms with Crippen LogP contribution in [0.15, 0.2) is 58.2 Å². The Morgan fingerprint density at radius 2 is 1.82 bits per heavy atom. The number of alkyl halides is 3. The molecule has 11 heteroatoms. The Hall–Kier alpha value is -3.05. The van der Waals surface area contributed by atoms with E-state index in [0.717, 1.165) is 42.5 Å². The third-order valence-electron chi connectivity index (χ3n) is 5.42. The molecule has 1 fully saturated rings. The first-order chi connectivity index (χ1) is 16.3. The van der Waals surface area contributed by atoms with Crippen LogP contribution in [0.1, 0.15) is 17.0 Å². The Balaban J connectivity index is 1.41. The quantitative estimate of drug-likeness (QED) is 0.498. The van der Waals surface area contributed by atoms with Crippen LogP contribution in [0.3, 0.4) is 0 Å². The smallest absolute Gasteiger partial charge is 0.416 e. The summed E-state index contributed by atoms with van der Waals surface area (Å²) in [5.41, 5.74) is 0.917. The van der Waals surface area contributed by atoms with Gasteiger partial charge < -0.3 is 19.5 Å². The monoisotopic (exact) mass is 491 g/mol. The number of halogens is 3. The van der Waals surface area contributed by atoms with Crippen molar-refractivity contribution in [1.29, 1.82) is 0 Å². The summed E-state index contributed by atoms with van der Waals surface area (Å²) in [6.45, 7) is 2.89. The van der Waals surface area contributed by atoms with Gasteiger partial charge in [-0.1, -0.05) is 42.1 Å². The molecule has 4 rings (SSSR count). The van der Waals surface area contributed by atoms with Crippen molar-refractivity contribution in [3.63, 3.8) is 0 Å². The lowest BCUT2D eigenvalue weighted by Crippen LogP contribution is -2.44. The molecular formula is C23H24F3N5O2S. The summed E-state index contributed by atoms with van der Waals surface area (Å²) in [4.78, 5) is 16.7. The molecule has 34 heavy (non-hydrogen) atoms. The largest absolute Gasteiger partial charge is 0.416 e. The van der Waals surface area contributed by atoms with E-state index in [2.05, 4.69) is 20.4 Å². The van der Waals surface area contributed by atoms with Gasteiger partial charge in [0.2, 0.25) is 11.8 Å². The highest BCUT2D eigenvalue weighted by Crippen LogP contribution is 2.36. The zero-order valence-corrected chi connectivity index (χ0v) is 19.3. The summed E-state index contributed by atoms with van der Waals surface area (Å²) in [6, 6.07) is 13.1. The highest BCUT2D eigenvalue weighted by Gasteiger charge is 2.32. The molecule has 0 bridgehead atoms. The van der Waals surface area contributed by atoms with E-state index in [1.807, 2.05) is 42.3 Å². The van der Waals surface area contributed by atoms with E-state index >= 15 is 0 Å². The Morgan fingerprint density at radius 3 is 2.53 bits per heavy atom. The van der Waals surface area contributed by atoms with Gasteiger partial charge in [-0.15, -0.1) is 10.2 Å². The summed E-state index contributed by atoms with van der Waals surface area (Å²) in [6.07, 6.45) is -4.03. The van der Waals surface area contributed by atoms with Gasteiger partial charge in [-0.25, -0.2) is 0 Å². The Morgan fingerprint density at radius 1 is 1.09 bits per heavy atom. The lowest BCUT2D eigenvalue weighted by atomic mass is 10.1. The number of hydrogen-bond donors (Lipinski definition) is 1. The number of nitrogens with zero attached hydrogens (tertiary/aromatic N) is 4. The van der Waals surface area contributed by atoms with E-state index in [4.69, 9.17) is 4.42 Å². The molecule has 2 aromatic carbocycles. The molecule has 1 N–H and O–H groups in total. The third kappa shape index (κ3) is 6.29. The Kier molecular flexibility index (Phi) is 7.42. The minimum atomic E-state index is -4.51. The van der Waals surface area contributed by atoms with E-state index < -0.39 is 17.6 Å². The first-order valence-corrected chi connectivity index (χ1v) is 11.7. The predicted octanol–water partition coefficient (Wildman–Crippen LogP) is 4.16. The molecule has 1 aliphatic heterocycles. The maximum Gasteiger partial charge on any atom is 0.416 e. The average molecular weight is 492 g/mol. The van der Waals surface area contributed by atoms with Crippen molar-refractivity contribution in [1.82, 2.24) is 15.1 Å². The fraction of sp³-hybridized carbons (Fsp3) is 0.348. The zero-order chi connectivity index (χ0) is 24.1. The van der Waals surface area contributed by atoms with Crippen molar-refractivity contribution in [3.05, 3.63) is 65.5 Å². The van der Waals surface area contributed by atoms with Crippen molar-refractivity contribution in [2.75, 3.05) is 49.2 Å². The molecule has 2 heterocycles. The topological polar surface area (TPSA) is 74.5 Å². The highest BCUT2D eigenvalue weighted by molar-refractivity contribution is 7.99. The number of thioether (sulfide) groups is 1. The molecule has 180 valence electrons. The van der Waals surface area contributed by atoms with Crippen LogP contribution in [-0.4, -0.2) is 60.0 Å². The van der Waals surface area contributed by atoms with E-state index in [-0.39, 0.29) is 16.7 Å². The molecule has 0 unspecified atom stereocenters. The SMILES string of the molecule is CN1CCN(c2ccc(C(F)(F)F)cc2NC(=O)CSc2nnc(Cc3ccccc3)o2)CC1. The summed E-state index contributed by atoms with van der Waals surface area (Å²) in [5.74, 6) is -0.113. The summed E-state index contributed by atoms with van der Waals surface area (Å²) < 4.78 is 45.5. The van der Waals surface area contributed by atoms with E-state index in [9.17, 15) is 18.0 Å². The number of nitrogens with one attached hydrogen (secondary N) is 1. The van der Waals surface area contributed by atoms with Crippen molar-refractivity contribution in [2.45, 2.75) is 17.8 Å². The number of aromatic nitrogens is 2. The van der Waals surface area contributed by atoms with E-state index in [1.165, 1.54) is 6.07 Å². The fourth-order valence-corrected chi connectivity index (χ4v) is 4.17. The summed E-state index contributed by atoms with van der Waals surface area (Å²) >= 11 is 1.04. The second kappa shape index (κ2) is 10.5. The van der Waals surface area contributed by atoms with Gasteiger partial charge in [0.05, 0.1) is 29.1 Å².